The molecular formula is C16H16BrNO. The molecule has 0 aliphatic heterocycles. The first-order chi connectivity index (χ1) is 8.95. The number of benzene rings is 2. The molecule has 3 heteroatoms. The predicted octanol–water partition coefficient (Wildman–Crippen LogP) is 4.63. The van der Waals surface area contributed by atoms with Crippen LogP contribution in [0.1, 0.15) is 27.0 Å². The molecule has 0 fully saturated rings. The number of halogens is 1. The lowest BCUT2D eigenvalue weighted by Gasteiger charge is -2.09. The van der Waals surface area contributed by atoms with Gasteiger partial charge in [-0.1, -0.05) is 17.7 Å². The third-order valence-electron chi connectivity index (χ3n) is 2.85. The Labute approximate surface area is 122 Å². The normalized spacial score (nSPS) is 10.3. The highest BCUT2D eigenvalue weighted by atomic mass is 79.9. The molecule has 1 N–H and O–H groups in total. The number of anilines is 1. The first-order valence-electron chi connectivity index (χ1n) is 6.11. The van der Waals surface area contributed by atoms with Crippen molar-refractivity contribution in [2.24, 2.45) is 0 Å². The molecule has 0 aliphatic rings. The molecular weight excluding hydrogens is 302 g/mol. The lowest BCUT2D eigenvalue weighted by atomic mass is 10.1. The van der Waals surface area contributed by atoms with Crippen LogP contribution < -0.4 is 5.32 Å². The highest BCUT2D eigenvalue weighted by molar-refractivity contribution is 9.10. The fraction of sp³-hybridized carbons (Fsp3) is 0.188. The number of amides is 1. The maximum atomic E-state index is 12.3. The van der Waals surface area contributed by atoms with Crippen LogP contribution in [0, 0.1) is 20.8 Å². The molecule has 0 radical (unpaired) electrons. The molecule has 2 aromatic carbocycles. The third kappa shape index (κ3) is 3.44. The van der Waals surface area contributed by atoms with Crippen LogP contribution in [0.5, 0.6) is 0 Å². The molecule has 2 aromatic rings. The molecule has 0 spiro atoms. The third-order valence-corrected chi connectivity index (χ3v) is 3.54. The summed E-state index contributed by atoms with van der Waals surface area (Å²) in [5.41, 5.74) is 4.82. The SMILES string of the molecule is Cc1cc(C)cc(NC(=O)c2cc(C)ccc2Br)c1. The van der Waals surface area contributed by atoms with Gasteiger partial charge in [0, 0.05) is 10.2 Å². The van der Waals surface area contributed by atoms with Crippen molar-refractivity contribution in [1.29, 1.82) is 0 Å². The Kier molecular flexibility index (Phi) is 4.05. The van der Waals surface area contributed by atoms with Crippen LogP contribution in [0.15, 0.2) is 40.9 Å². The monoisotopic (exact) mass is 317 g/mol. The Bertz CT molecular complexity index is 614. The summed E-state index contributed by atoms with van der Waals surface area (Å²) in [6.07, 6.45) is 0. The van der Waals surface area contributed by atoms with Gasteiger partial charge in [-0.25, -0.2) is 0 Å². The van der Waals surface area contributed by atoms with Crippen LogP contribution in [-0.4, -0.2) is 5.91 Å². The minimum Gasteiger partial charge on any atom is -0.322 e. The van der Waals surface area contributed by atoms with E-state index < -0.39 is 0 Å². The van der Waals surface area contributed by atoms with Gasteiger partial charge in [-0.15, -0.1) is 0 Å². The Hall–Kier alpha value is -1.61. The van der Waals surface area contributed by atoms with E-state index in [2.05, 4.69) is 27.3 Å². The molecule has 0 bridgehead atoms. The zero-order valence-corrected chi connectivity index (χ0v) is 12.8. The second-order valence-corrected chi connectivity index (χ2v) is 5.67. The Balaban J connectivity index is 2.28. The molecule has 98 valence electrons. The minimum atomic E-state index is -0.0967. The number of rotatable bonds is 2. The molecule has 2 nitrogen and oxygen atoms in total. The number of carbonyl (C=O) groups is 1. The fourth-order valence-electron chi connectivity index (χ4n) is 2.06. The molecule has 0 aliphatic carbocycles. The molecule has 0 saturated carbocycles. The van der Waals surface area contributed by atoms with Gasteiger partial charge < -0.3 is 5.32 Å². The molecule has 2 rings (SSSR count). The van der Waals surface area contributed by atoms with Crippen LogP contribution in [0.4, 0.5) is 5.69 Å². The van der Waals surface area contributed by atoms with E-state index >= 15 is 0 Å². The van der Waals surface area contributed by atoms with Crippen molar-refractivity contribution in [1.82, 2.24) is 0 Å². The largest absolute Gasteiger partial charge is 0.322 e. The number of nitrogens with one attached hydrogen (secondary N) is 1. The van der Waals surface area contributed by atoms with E-state index in [0.717, 1.165) is 26.9 Å². The van der Waals surface area contributed by atoms with Gasteiger partial charge in [0.05, 0.1) is 5.56 Å². The zero-order chi connectivity index (χ0) is 14.0. The summed E-state index contributed by atoms with van der Waals surface area (Å²) < 4.78 is 0.806. The number of hydrogen-bond donors (Lipinski definition) is 1. The van der Waals surface area contributed by atoms with Crippen molar-refractivity contribution < 1.29 is 4.79 Å². The topological polar surface area (TPSA) is 29.1 Å². The molecule has 19 heavy (non-hydrogen) atoms. The summed E-state index contributed by atoms with van der Waals surface area (Å²) in [7, 11) is 0. The number of hydrogen-bond acceptors (Lipinski definition) is 1. The Morgan fingerprint density at radius 2 is 1.58 bits per heavy atom. The standard InChI is InChI=1S/C16H16BrNO/c1-10-4-5-15(17)14(9-10)16(19)18-13-7-11(2)6-12(3)8-13/h4-9H,1-3H3,(H,18,19). The van der Waals surface area contributed by atoms with E-state index in [1.807, 2.05) is 51.1 Å². The summed E-state index contributed by atoms with van der Waals surface area (Å²) in [6, 6.07) is 11.8. The van der Waals surface area contributed by atoms with Gasteiger partial charge in [-0.2, -0.15) is 0 Å². The van der Waals surface area contributed by atoms with Gasteiger partial charge in [0.1, 0.15) is 0 Å². The average molecular weight is 318 g/mol. The van der Waals surface area contributed by atoms with Crippen LogP contribution in [0.3, 0.4) is 0 Å². The predicted molar refractivity (Wildman–Crippen MR) is 82.7 cm³/mol. The molecule has 1 amide bonds. The van der Waals surface area contributed by atoms with Crippen LogP contribution in [-0.2, 0) is 0 Å². The summed E-state index contributed by atoms with van der Waals surface area (Å²) in [5, 5.41) is 2.94. The molecule has 0 atom stereocenters. The lowest BCUT2D eigenvalue weighted by Crippen LogP contribution is -2.13. The summed E-state index contributed by atoms with van der Waals surface area (Å²) >= 11 is 3.41. The fourth-order valence-corrected chi connectivity index (χ4v) is 2.49. The van der Waals surface area contributed by atoms with Crippen molar-refractivity contribution in [3.8, 4) is 0 Å². The highest BCUT2D eigenvalue weighted by Gasteiger charge is 2.10. The van der Waals surface area contributed by atoms with E-state index in [1.165, 1.54) is 0 Å². The van der Waals surface area contributed by atoms with Crippen molar-refractivity contribution in [3.63, 3.8) is 0 Å². The Morgan fingerprint density at radius 3 is 2.21 bits per heavy atom. The van der Waals surface area contributed by atoms with Crippen molar-refractivity contribution >= 4 is 27.5 Å². The molecule has 0 aromatic heterocycles. The lowest BCUT2D eigenvalue weighted by molar-refractivity contribution is 0.102. The molecule has 0 saturated heterocycles. The average Bonchev–Trinajstić information content (AvgIpc) is 2.30. The van der Waals surface area contributed by atoms with E-state index in [1.54, 1.807) is 0 Å². The smallest absolute Gasteiger partial charge is 0.256 e. The van der Waals surface area contributed by atoms with E-state index in [4.69, 9.17) is 0 Å². The van der Waals surface area contributed by atoms with Gasteiger partial charge in [-0.3, -0.25) is 4.79 Å². The van der Waals surface area contributed by atoms with E-state index in [0.29, 0.717) is 5.56 Å². The van der Waals surface area contributed by atoms with Crippen molar-refractivity contribution in [3.05, 3.63) is 63.1 Å². The van der Waals surface area contributed by atoms with Gasteiger partial charge in [0.15, 0.2) is 0 Å². The maximum Gasteiger partial charge on any atom is 0.256 e. The quantitative estimate of drug-likeness (QED) is 0.859. The number of carbonyl (C=O) groups excluding carboxylic acids is 1. The van der Waals surface area contributed by atoms with Gasteiger partial charge >= 0.3 is 0 Å². The number of aryl methyl sites for hydroxylation is 3. The highest BCUT2D eigenvalue weighted by Crippen LogP contribution is 2.20. The van der Waals surface area contributed by atoms with Crippen molar-refractivity contribution in [2.45, 2.75) is 20.8 Å². The van der Waals surface area contributed by atoms with Crippen LogP contribution >= 0.6 is 15.9 Å². The first-order valence-corrected chi connectivity index (χ1v) is 6.91. The van der Waals surface area contributed by atoms with Crippen LogP contribution in [0.2, 0.25) is 0 Å². The van der Waals surface area contributed by atoms with Gasteiger partial charge in [0.25, 0.3) is 5.91 Å². The van der Waals surface area contributed by atoms with Crippen LogP contribution in [0.25, 0.3) is 0 Å². The van der Waals surface area contributed by atoms with E-state index in [-0.39, 0.29) is 5.91 Å². The molecule has 0 unspecified atom stereocenters. The second kappa shape index (κ2) is 5.57. The Morgan fingerprint density at radius 1 is 0.947 bits per heavy atom. The zero-order valence-electron chi connectivity index (χ0n) is 11.3. The minimum absolute atomic E-state index is 0.0967. The maximum absolute atomic E-state index is 12.3. The van der Waals surface area contributed by atoms with E-state index in [9.17, 15) is 4.79 Å². The first kappa shape index (κ1) is 13.8. The summed E-state index contributed by atoms with van der Waals surface area (Å²) in [5.74, 6) is -0.0967. The molecule has 0 heterocycles. The second-order valence-electron chi connectivity index (χ2n) is 4.81. The van der Waals surface area contributed by atoms with Crippen molar-refractivity contribution in [2.75, 3.05) is 5.32 Å². The summed E-state index contributed by atoms with van der Waals surface area (Å²) in [6.45, 7) is 6.01. The summed E-state index contributed by atoms with van der Waals surface area (Å²) in [4.78, 5) is 12.3. The van der Waals surface area contributed by atoms with Gasteiger partial charge in [-0.05, 0) is 72.1 Å². The van der Waals surface area contributed by atoms with Gasteiger partial charge in [0.2, 0.25) is 0 Å².